The van der Waals surface area contributed by atoms with Gasteiger partial charge in [0.15, 0.2) is 0 Å². The Hall–Kier alpha value is -1.93. The highest BCUT2D eigenvalue weighted by atomic mass is 79.9. The maximum absolute atomic E-state index is 12.9. The van der Waals surface area contributed by atoms with Crippen LogP contribution in [0.5, 0.6) is 0 Å². The first-order valence-electron chi connectivity index (χ1n) is 9.46. The van der Waals surface area contributed by atoms with Crippen molar-refractivity contribution >= 4 is 33.4 Å². The van der Waals surface area contributed by atoms with Crippen molar-refractivity contribution in [3.05, 3.63) is 69.5 Å². The summed E-state index contributed by atoms with van der Waals surface area (Å²) in [6.45, 7) is 4.40. The number of amides is 1. The van der Waals surface area contributed by atoms with Gasteiger partial charge in [0.1, 0.15) is 0 Å². The highest BCUT2D eigenvalue weighted by molar-refractivity contribution is 9.11. The lowest BCUT2D eigenvalue weighted by atomic mass is 9.86. The van der Waals surface area contributed by atoms with Gasteiger partial charge in [0.2, 0.25) is 0 Å². The summed E-state index contributed by atoms with van der Waals surface area (Å²) in [6, 6.07) is 2.66. The molecule has 1 amide bonds. The summed E-state index contributed by atoms with van der Waals surface area (Å²) in [6.07, 6.45) is 3.99. The van der Waals surface area contributed by atoms with Crippen molar-refractivity contribution in [3.8, 4) is 0 Å². The summed E-state index contributed by atoms with van der Waals surface area (Å²) >= 11 is 9.16. The number of rotatable bonds is 7. The molecule has 9 heteroatoms. The third-order valence-corrected chi connectivity index (χ3v) is 5.46. The van der Waals surface area contributed by atoms with Crippen molar-refractivity contribution in [3.63, 3.8) is 0 Å². The lowest BCUT2D eigenvalue weighted by Gasteiger charge is -2.29. The molecule has 1 aliphatic carbocycles. The Morgan fingerprint density at radius 2 is 1.97 bits per heavy atom. The molecule has 4 N–H and O–H groups in total. The van der Waals surface area contributed by atoms with E-state index in [9.17, 15) is 18.0 Å². The molecule has 1 aromatic rings. The number of hydrogen-bond donors (Lipinski definition) is 3. The Labute approximate surface area is 187 Å². The van der Waals surface area contributed by atoms with E-state index in [0.717, 1.165) is 48.4 Å². The number of nitrogens with two attached hydrogens (primary N) is 1. The summed E-state index contributed by atoms with van der Waals surface area (Å²) < 4.78 is 39.4. The van der Waals surface area contributed by atoms with E-state index in [1.54, 1.807) is 18.2 Å². The molecule has 0 atom stereocenters. The van der Waals surface area contributed by atoms with Crippen molar-refractivity contribution in [1.29, 1.82) is 0 Å². The molecule has 0 bridgehead atoms. The topological polar surface area (TPSA) is 67.2 Å². The molecule has 0 aromatic heterocycles. The highest BCUT2D eigenvalue weighted by Crippen LogP contribution is 2.32. The normalized spacial score (nSPS) is 20.2. The summed E-state index contributed by atoms with van der Waals surface area (Å²) in [5, 5.41) is 5.97. The van der Waals surface area contributed by atoms with Crippen LogP contribution in [0.2, 0.25) is 5.02 Å². The van der Waals surface area contributed by atoms with Gasteiger partial charge in [-0.3, -0.25) is 4.79 Å². The number of nitrogens with one attached hydrogen (secondary N) is 2. The number of allylic oxidation sites excluding steroid dienone is 4. The van der Waals surface area contributed by atoms with Crippen LogP contribution in [0.3, 0.4) is 0 Å². The van der Waals surface area contributed by atoms with Crippen LogP contribution in [0.15, 0.2) is 53.3 Å². The third-order valence-electron chi connectivity index (χ3n) is 4.87. The Balaban J connectivity index is 1.84. The van der Waals surface area contributed by atoms with E-state index in [4.69, 9.17) is 17.3 Å². The van der Waals surface area contributed by atoms with Crippen LogP contribution in [0.1, 0.15) is 41.6 Å². The Bertz CT molecular complexity index is 831. The van der Waals surface area contributed by atoms with Crippen molar-refractivity contribution in [1.82, 2.24) is 10.6 Å². The second-order valence-electron chi connectivity index (χ2n) is 7.19. The van der Waals surface area contributed by atoms with Crippen LogP contribution in [-0.2, 0) is 6.18 Å². The van der Waals surface area contributed by atoms with Crippen molar-refractivity contribution in [2.24, 2.45) is 11.7 Å². The van der Waals surface area contributed by atoms with Crippen molar-refractivity contribution in [2.45, 2.75) is 37.9 Å². The predicted molar refractivity (Wildman–Crippen MR) is 117 cm³/mol. The van der Waals surface area contributed by atoms with E-state index in [0.29, 0.717) is 18.3 Å². The molecule has 30 heavy (non-hydrogen) atoms. The second kappa shape index (κ2) is 10.9. The number of halogens is 5. The average molecular weight is 507 g/mol. The minimum absolute atomic E-state index is 0.00168. The number of carbonyl (C=O) groups excluding carboxylic acids is 1. The quantitative estimate of drug-likeness (QED) is 0.428. The molecule has 164 valence electrons. The number of alkyl halides is 3. The molecule has 0 saturated heterocycles. The predicted octanol–water partition coefficient (Wildman–Crippen LogP) is 5.50. The zero-order valence-corrected chi connectivity index (χ0v) is 18.6. The largest absolute Gasteiger partial charge is 0.416 e. The molecular formula is C21H24BrClF3N3O. The molecule has 1 aliphatic rings. The van der Waals surface area contributed by atoms with Crippen molar-refractivity contribution < 1.29 is 18.0 Å². The first-order chi connectivity index (χ1) is 14.1. The first kappa shape index (κ1) is 24.3. The molecule has 1 saturated carbocycles. The molecule has 1 fully saturated rings. The van der Waals surface area contributed by atoms with Gasteiger partial charge in [0.25, 0.3) is 5.91 Å². The molecule has 2 rings (SSSR count). The summed E-state index contributed by atoms with van der Waals surface area (Å²) in [5.41, 5.74) is 4.84. The molecule has 0 unspecified atom stereocenters. The van der Waals surface area contributed by atoms with Gasteiger partial charge >= 0.3 is 6.18 Å². The SMILES string of the molecule is C=C(Br)/C=C\C=C(/N)NC[C@H]1CC[C@H](NC(=O)c2cc(C(F)(F)F)ccc2Cl)CC1. The lowest BCUT2D eigenvalue weighted by Crippen LogP contribution is -2.39. The third kappa shape index (κ3) is 7.72. The molecule has 4 nitrogen and oxygen atoms in total. The van der Waals surface area contributed by atoms with Gasteiger partial charge in [0.05, 0.1) is 22.0 Å². The van der Waals surface area contributed by atoms with Crippen LogP contribution >= 0.6 is 27.5 Å². The fraction of sp³-hybridized carbons (Fsp3) is 0.381. The fourth-order valence-electron chi connectivity index (χ4n) is 3.23. The molecule has 1 aromatic carbocycles. The Morgan fingerprint density at radius 1 is 1.30 bits per heavy atom. The smallest absolute Gasteiger partial charge is 0.386 e. The summed E-state index contributed by atoms with van der Waals surface area (Å²) in [5.74, 6) is 0.368. The maximum Gasteiger partial charge on any atom is 0.416 e. The fourth-order valence-corrected chi connectivity index (χ4v) is 3.58. The number of benzene rings is 1. The van der Waals surface area contributed by atoms with Gasteiger partial charge in [-0.1, -0.05) is 40.2 Å². The van der Waals surface area contributed by atoms with Gasteiger partial charge in [0, 0.05) is 17.1 Å². The van der Waals surface area contributed by atoms with Crippen LogP contribution in [0.4, 0.5) is 13.2 Å². The van der Waals surface area contributed by atoms with Crippen LogP contribution in [-0.4, -0.2) is 18.5 Å². The minimum Gasteiger partial charge on any atom is -0.386 e. The Kier molecular flexibility index (Phi) is 8.85. The van der Waals surface area contributed by atoms with Gasteiger partial charge in [-0.15, -0.1) is 0 Å². The highest BCUT2D eigenvalue weighted by Gasteiger charge is 2.32. The van der Waals surface area contributed by atoms with Gasteiger partial charge < -0.3 is 16.4 Å². The minimum atomic E-state index is -4.53. The number of carbonyl (C=O) groups is 1. The first-order valence-corrected chi connectivity index (χ1v) is 10.6. The van der Waals surface area contributed by atoms with Gasteiger partial charge in [-0.2, -0.15) is 13.2 Å². The van der Waals surface area contributed by atoms with Crippen LogP contribution in [0.25, 0.3) is 0 Å². The lowest BCUT2D eigenvalue weighted by molar-refractivity contribution is -0.137. The standard InChI is InChI=1S/C21H24BrClF3N3O/c1-13(22)3-2-4-19(27)28-12-14-5-8-16(9-6-14)29-20(30)17-11-15(21(24,25)26)7-10-18(17)23/h2-4,7,10-11,14,16,28H,1,5-6,8-9,12,27H2,(H,29,30)/b3-2-,19-4+/t14-,16-. The molecule has 0 spiro atoms. The summed E-state index contributed by atoms with van der Waals surface area (Å²) in [4.78, 5) is 12.4. The van der Waals surface area contributed by atoms with E-state index >= 15 is 0 Å². The van der Waals surface area contributed by atoms with E-state index in [-0.39, 0.29) is 16.6 Å². The zero-order valence-electron chi connectivity index (χ0n) is 16.2. The van der Waals surface area contributed by atoms with E-state index < -0.39 is 17.6 Å². The summed E-state index contributed by atoms with van der Waals surface area (Å²) in [7, 11) is 0. The maximum atomic E-state index is 12.9. The monoisotopic (exact) mass is 505 g/mol. The Morgan fingerprint density at radius 3 is 2.57 bits per heavy atom. The zero-order chi connectivity index (χ0) is 22.3. The second-order valence-corrected chi connectivity index (χ2v) is 8.62. The molecule has 0 heterocycles. The molecular weight excluding hydrogens is 483 g/mol. The number of hydrogen-bond acceptors (Lipinski definition) is 3. The van der Waals surface area contributed by atoms with Crippen molar-refractivity contribution in [2.75, 3.05) is 6.54 Å². The van der Waals surface area contributed by atoms with E-state index in [1.807, 2.05) is 0 Å². The average Bonchev–Trinajstić information content (AvgIpc) is 2.66. The van der Waals surface area contributed by atoms with Crippen LogP contribution in [0, 0.1) is 5.92 Å². The molecule has 0 radical (unpaired) electrons. The van der Waals surface area contributed by atoms with E-state index in [2.05, 4.69) is 33.1 Å². The van der Waals surface area contributed by atoms with Crippen LogP contribution < -0.4 is 16.4 Å². The van der Waals surface area contributed by atoms with Gasteiger partial charge in [-0.25, -0.2) is 0 Å². The van der Waals surface area contributed by atoms with Gasteiger partial charge in [-0.05, 0) is 62.0 Å². The van der Waals surface area contributed by atoms with E-state index in [1.165, 1.54) is 0 Å². The molecule has 0 aliphatic heterocycles.